The third-order valence-corrected chi connectivity index (χ3v) is 3.48. The molecule has 0 aliphatic heterocycles. The van der Waals surface area contributed by atoms with Gasteiger partial charge in [0.25, 0.3) is 0 Å². The lowest BCUT2D eigenvalue weighted by Gasteiger charge is -2.20. The zero-order chi connectivity index (χ0) is 14.0. The van der Waals surface area contributed by atoms with Crippen LogP contribution in [0.4, 0.5) is 5.13 Å². The first-order chi connectivity index (χ1) is 8.83. The first-order valence-electron chi connectivity index (χ1n) is 5.94. The molecule has 0 fully saturated rings. The van der Waals surface area contributed by atoms with Crippen LogP contribution in [0.1, 0.15) is 20.8 Å². The summed E-state index contributed by atoms with van der Waals surface area (Å²) < 4.78 is 1.01. The summed E-state index contributed by atoms with van der Waals surface area (Å²) in [6.07, 6.45) is 0. The molecule has 0 unspecified atom stereocenters. The number of carbonyl (C=O) groups is 1. The quantitative estimate of drug-likeness (QED) is 0.914. The van der Waals surface area contributed by atoms with Crippen LogP contribution in [0, 0.1) is 0 Å². The molecule has 0 saturated heterocycles. The molecule has 2 rings (SSSR count). The van der Waals surface area contributed by atoms with E-state index >= 15 is 0 Å². The zero-order valence-electron chi connectivity index (χ0n) is 11.1. The van der Waals surface area contributed by atoms with E-state index in [2.05, 4.69) is 15.6 Å². The molecule has 0 saturated carbocycles. The van der Waals surface area contributed by atoms with E-state index in [0.717, 1.165) is 15.3 Å². The van der Waals surface area contributed by atoms with Gasteiger partial charge < -0.3 is 10.6 Å². The SMILES string of the molecule is CC(C)(C)NC(=O)CNc1nc2ccc(Cl)cc2s1. The Bertz CT molecular complexity index is 603. The lowest BCUT2D eigenvalue weighted by atomic mass is 10.1. The van der Waals surface area contributed by atoms with Gasteiger partial charge in [-0.15, -0.1) is 0 Å². The van der Waals surface area contributed by atoms with Gasteiger partial charge >= 0.3 is 0 Å². The smallest absolute Gasteiger partial charge is 0.239 e. The van der Waals surface area contributed by atoms with Crippen molar-refractivity contribution in [3.63, 3.8) is 0 Å². The van der Waals surface area contributed by atoms with E-state index in [-0.39, 0.29) is 18.0 Å². The second-order valence-electron chi connectivity index (χ2n) is 5.28. The van der Waals surface area contributed by atoms with Gasteiger partial charge in [0, 0.05) is 10.6 Å². The summed E-state index contributed by atoms with van der Waals surface area (Å²) in [4.78, 5) is 16.1. The number of thiazole rings is 1. The fourth-order valence-corrected chi connectivity index (χ4v) is 2.73. The maximum atomic E-state index is 11.7. The van der Waals surface area contributed by atoms with Gasteiger partial charge in [-0.3, -0.25) is 4.79 Å². The van der Waals surface area contributed by atoms with Crippen LogP contribution in [0.15, 0.2) is 18.2 Å². The minimum atomic E-state index is -0.222. The maximum absolute atomic E-state index is 11.7. The van der Waals surface area contributed by atoms with Crippen LogP contribution in [-0.2, 0) is 4.79 Å². The lowest BCUT2D eigenvalue weighted by molar-refractivity contribution is -0.120. The van der Waals surface area contributed by atoms with Crippen LogP contribution >= 0.6 is 22.9 Å². The normalized spacial score (nSPS) is 11.6. The molecule has 1 aromatic carbocycles. The van der Waals surface area contributed by atoms with E-state index in [0.29, 0.717) is 5.02 Å². The summed E-state index contributed by atoms with van der Waals surface area (Å²) in [6.45, 7) is 6.06. The molecule has 6 heteroatoms. The number of nitrogens with zero attached hydrogens (tertiary/aromatic N) is 1. The van der Waals surface area contributed by atoms with E-state index in [1.54, 1.807) is 6.07 Å². The molecule has 2 aromatic rings. The predicted octanol–water partition coefficient (Wildman–Crippen LogP) is 3.28. The van der Waals surface area contributed by atoms with Gasteiger partial charge in [-0.05, 0) is 39.0 Å². The topological polar surface area (TPSA) is 54.0 Å². The number of aromatic nitrogens is 1. The van der Waals surface area contributed by atoms with Gasteiger partial charge in [0.15, 0.2) is 5.13 Å². The van der Waals surface area contributed by atoms with Crippen molar-refractivity contribution in [1.82, 2.24) is 10.3 Å². The molecule has 1 heterocycles. The molecule has 4 nitrogen and oxygen atoms in total. The molecule has 1 aromatic heterocycles. The third-order valence-electron chi connectivity index (χ3n) is 2.27. The van der Waals surface area contributed by atoms with Crippen molar-refractivity contribution in [2.24, 2.45) is 0 Å². The molecule has 0 atom stereocenters. The molecule has 2 N–H and O–H groups in total. The van der Waals surface area contributed by atoms with Gasteiger partial charge in [-0.1, -0.05) is 22.9 Å². The number of fused-ring (bicyclic) bond motifs is 1. The van der Waals surface area contributed by atoms with Crippen LogP contribution in [-0.4, -0.2) is 23.0 Å². The number of anilines is 1. The lowest BCUT2D eigenvalue weighted by Crippen LogP contribution is -2.43. The molecule has 102 valence electrons. The van der Waals surface area contributed by atoms with Crippen molar-refractivity contribution >= 4 is 44.2 Å². The predicted molar refractivity (Wildman–Crippen MR) is 81.0 cm³/mol. The van der Waals surface area contributed by atoms with Crippen LogP contribution in [0.3, 0.4) is 0 Å². The highest BCUT2D eigenvalue weighted by atomic mass is 35.5. The minimum absolute atomic E-state index is 0.0511. The highest BCUT2D eigenvalue weighted by molar-refractivity contribution is 7.22. The number of carbonyl (C=O) groups excluding carboxylic acids is 1. The van der Waals surface area contributed by atoms with E-state index in [1.807, 2.05) is 32.9 Å². The van der Waals surface area contributed by atoms with Gasteiger partial charge in [0.2, 0.25) is 5.91 Å². The summed E-state index contributed by atoms with van der Waals surface area (Å²) in [6, 6.07) is 5.54. The molecule has 19 heavy (non-hydrogen) atoms. The zero-order valence-corrected chi connectivity index (χ0v) is 12.7. The maximum Gasteiger partial charge on any atom is 0.239 e. The molecular weight excluding hydrogens is 282 g/mol. The van der Waals surface area contributed by atoms with Crippen molar-refractivity contribution in [1.29, 1.82) is 0 Å². The second kappa shape index (κ2) is 5.35. The Kier molecular flexibility index (Phi) is 3.96. The molecule has 0 spiro atoms. The number of benzene rings is 1. The monoisotopic (exact) mass is 297 g/mol. The van der Waals surface area contributed by atoms with Crippen molar-refractivity contribution in [2.75, 3.05) is 11.9 Å². The molecule has 0 bridgehead atoms. The van der Waals surface area contributed by atoms with Gasteiger partial charge in [0.1, 0.15) is 0 Å². The number of hydrogen-bond acceptors (Lipinski definition) is 4. The third kappa shape index (κ3) is 4.08. The number of hydrogen-bond donors (Lipinski definition) is 2. The number of amides is 1. The van der Waals surface area contributed by atoms with Crippen molar-refractivity contribution in [3.8, 4) is 0 Å². The second-order valence-corrected chi connectivity index (χ2v) is 6.75. The Morgan fingerprint density at radius 3 is 2.84 bits per heavy atom. The summed E-state index contributed by atoms with van der Waals surface area (Å²) in [5, 5.41) is 7.33. The Labute approximate surface area is 121 Å². The highest BCUT2D eigenvalue weighted by Crippen LogP contribution is 2.28. The Balaban J connectivity index is 2.00. The van der Waals surface area contributed by atoms with Gasteiger partial charge in [-0.25, -0.2) is 4.98 Å². The summed E-state index contributed by atoms with van der Waals surface area (Å²) in [7, 11) is 0. The van der Waals surface area contributed by atoms with Crippen LogP contribution in [0.2, 0.25) is 5.02 Å². The fourth-order valence-electron chi connectivity index (χ4n) is 1.59. The van der Waals surface area contributed by atoms with E-state index in [1.165, 1.54) is 11.3 Å². The highest BCUT2D eigenvalue weighted by Gasteiger charge is 2.13. The molecule has 0 aliphatic rings. The number of halogens is 1. The first kappa shape index (κ1) is 14.1. The first-order valence-corrected chi connectivity index (χ1v) is 7.14. The van der Waals surface area contributed by atoms with Crippen LogP contribution in [0.5, 0.6) is 0 Å². The standard InChI is InChI=1S/C13H16ClN3OS/c1-13(2,3)17-11(18)7-15-12-16-9-5-4-8(14)6-10(9)19-12/h4-6H,7H2,1-3H3,(H,15,16)(H,17,18). The van der Waals surface area contributed by atoms with E-state index < -0.39 is 0 Å². The van der Waals surface area contributed by atoms with E-state index in [4.69, 9.17) is 11.6 Å². The van der Waals surface area contributed by atoms with Gasteiger partial charge in [0.05, 0.1) is 16.8 Å². The average Bonchev–Trinajstić information content (AvgIpc) is 2.66. The Morgan fingerprint density at radius 2 is 2.16 bits per heavy atom. The Morgan fingerprint density at radius 1 is 1.42 bits per heavy atom. The fraction of sp³-hybridized carbons (Fsp3) is 0.385. The molecule has 0 aliphatic carbocycles. The molecular formula is C13H16ClN3OS. The largest absolute Gasteiger partial charge is 0.352 e. The Hall–Kier alpha value is -1.33. The summed E-state index contributed by atoms with van der Waals surface area (Å²) >= 11 is 7.41. The van der Waals surface area contributed by atoms with Crippen LogP contribution in [0.25, 0.3) is 10.2 Å². The average molecular weight is 298 g/mol. The van der Waals surface area contributed by atoms with Crippen molar-refractivity contribution in [2.45, 2.75) is 26.3 Å². The number of nitrogens with one attached hydrogen (secondary N) is 2. The van der Waals surface area contributed by atoms with Crippen molar-refractivity contribution in [3.05, 3.63) is 23.2 Å². The van der Waals surface area contributed by atoms with Crippen LogP contribution < -0.4 is 10.6 Å². The van der Waals surface area contributed by atoms with Crippen molar-refractivity contribution < 1.29 is 4.79 Å². The van der Waals surface area contributed by atoms with E-state index in [9.17, 15) is 4.79 Å². The van der Waals surface area contributed by atoms with Gasteiger partial charge in [-0.2, -0.15) is 0 Å². The molecule has 1 amide bonds. The minimum Gasteiger partial charge on any atom is -0.352 e. The summed E-state index contributed by atoms with van der Waals surface area (Å²) in [5.41, 5.74) is 0.660. The number of rotatable bonds is 3. The molecule has 0 radical (unpaired) electrons. The summed E-state index contributed by atoms with van der Waals surface area (Å²) in [5.74, 6) is -0.0511.